The Balaban J connectivity index is 2.50. The molecule has 0 saturated carbocycles. The fourth-order valence-electron chi connectivity index (χ4n) is 1.49. The predicted molar refractivity (Wildman–Crippen MR) is 63.0 cm³/mol. The van der Waals surface area contributed by atoms with Crippen molar-refractivity contribution in [3.8, 4) is 17.6 Å². The normalized spacial score (nSPS) is 9.56. The van der Waals surface area contributed by atoms with Crippen LogP contribution in [0.25, 0.3) is 0 Å². The Bertz CT molecular complexity index is 618. The molecule has 0 saturated heterocycles. The van der Waals surface area contributed by atoms with Crippen LogP contribution in [0.2, 0.25) is 0 Å². The number of carbonyl (C=O) groups is 1. The summed E-state index contributed by atoms with van der Waals surface area (Å²) in [4.78, 5) is 10.8. The van der Waals surface area contributed by atoms with E-state index in [1.165, 1.54) is 6.07 Å². The van der Waals surface area contributed by atoms with Crippen molar-refractivity contribution in [1.29, 1.82) is 5.26 Å². The number of benzene rings is 2. The maximum atomic E-state index is 13.6. The molecule has 0 aromatic heterocycles. The number of rotatable bonds is 3. The van der Waals surface area contributed by atoms with Gasteiger partial charge in [0.15, 0.2) is 17.9 Å². The van der Waals surface area contributed by atoms with Gasteiger partial charge in [0.05, 0.1) is 0 Å². The number of para-hydroxylation sites is 1. The Morgan fingerprint density at radius 1 is 1.17 bits per heavy atom. The third kappa shape index (κ3) is 2.20. The van der Waals surface area contributed by atoms with Crippen LogP contribution >= 0.6 is 0 Å². The topological polar surface area (TPSA) is 50.1 Å². The summed E-state index contributed by atoms with van der Waals surface area (Å²) in [5.74, 6) is -0.509. The first-order valence-corrected chi connectivity index (χ1v) is 5.17. The molecule has 0 N–H and O–H groups in total. The van der Waals surface area contributed by atoms with Gasteiger partial charge in [0, 0.05) is 5.56 Å². The number of hydrogen-bond acceptors (Lipinski definition) is 3. The van der Waals surface area contributed by atoms with E-state index >= 15 is 0 Å². The van der Waals surface area contributed by atoms with Gasteiger partial charge in [-0.1, -0.05) is 18.2 Å². The van der Waals surface area contributed by atoms with E-state index in [1.54, 1.807) is 36.4 Å². The zero-order valence-electron chi connectivity index (χ0n) is 9.26. The molecule has 0 atom stereocenters. The number of aldehydes is 1. The number of nitrogens with zero attached hydrogens (tertiary/aromatic N) is 1. The first-order valence-electron chi connectivity index (χ1n) is 5.17. The molecule has 2 aromatic rings. The van der Waals surface area contributed by atoms with E-state index in [9.17, 15) is 9.18 Å². The summed E-state index contributed by atoms with van der Waals surface area (Å²) in [7, 11) is 0. The highest BCUT2D eigenvalue weighted by molar-refractivity contribution is 5.81. The first kappa shape index (κ1) is 11.8. The average Bonchev–Trinajstić information content (AvgIpc) is 2.42. The van der Waals surface area contributed by atoms with Crippen molar-refractivity contribution in [2.75, 3.05) is 0 Å². The van der Waals surface area contributed by atoms with Gasteiger partial charge in [-0.25, -0.2) is 4.39 Å². The average molecular weight is 241 g/mol. The molecule has 0 heterocycles. The Labute approximate surface area is 103 Å². The third-order valence-corrected chi connectivity index (χ3v) is 2.34. The van der Waals surface area contributed by atoms with Crippen LogP contribution in [-0.2, 0) is 0 Å². The second-order valence-corrected chi connectivity index (χ2v) is 3.49. The lowest BCUT2D eigenvalue weighted by atomic mass is 10.1. The lowest BCUT2D eigenvalue weighted by Gasteiger charge is -2.09. The quantitative estimate of drug-likeness (QED) is 0.774. The van der Waals surface area contributed by atoms with Crippen LogP contribution < -0.4 is 4.74 Å². The SMILES string of the molecule is N#Cc1c(C=O)ccc(F)c1Oc1ccccc1. The van der Waals surface area contributed by atoms with Gasteiger partial charge < -0.3 is 4.74 Å². The van der Waals surface area contributed by atoms with Crippen LogP contribution in [0.1, 0.15) is 15.9 Å². The Kier molecular flexibility index (Phi) is 3.35. The largest absolute Gasteiger partial charge is 0.453 e. The molecule has 0 fully saturated rings. The molecule has 3 nitrogen and oxygen atoms in total. The minimum absolute atomic E-state index is 0.102. The van der Waals surface area contributed by atoms with Crippen molar-refractivity contribution in [3.05, 3.63) is 59.4 Å². The van der Waals surface area contributed by atoms with Gasteiger partial charge in [-0.2, -0.15) is 5.26 Å². The second kappa shape index (κ2) is 5.11. The predicted octanol–water partition coefficient (Wildman–Crippen LogP) is 3.30. The number of hydrogen-bond donors (Lipinski definition) is 0. The smallest absolute Gasteiger partial charge is 0.181 e. The van der Waals surface area contributed by atoms with Crippen LogP contribution in [0.4, 0.5) is 4.39 Å². The summed E-state index contributed by atoms with van der Waals surface area (Å²) in [6.07, 6.45) is 0.496. The van der Waals surface area contributed by atoms with E-state index in [4.69, 9.17) is 10.00 Å². The minimum atomic E-state index is -0.680. The van der Waals surface area contributed by atoms with Crippen LogP contribution in [0.15, 0.2) is 42.5 Å². The minimum Gasteiger partial charge on any atom is -0.453 e. The van der Waals surface area contributed by atoms with Crippen molar-refractivity contribution in [2.45, 2.75) is 0 Å². The summed E-state index contributed by atoms with van der Waals surface area (Å²) >= 11 is 0. The van der Waals surface area contributed by atoms with Gasteiger partial charge in [0.2, 0.25) is 0 Å². The van der Waals surface area contributed by atoms with Gasteiger partial charge in [0.25, 0.3) is 0 Å². The van der Waals surface area contributed by atoms with Crippen molar-refractivity contribution in [1.82, 2.24) is 0 Å². The second-order valence-electron chi connectivity index (χ2n) is 3.49. The maximum absolute atomic E-state index is 13.6. The standard InChI is InChI=1S/C14H8FNO2/c15-13-7-6-10(9-17)12(8-16)14(13)18-11-4-2-1-3-5-11/h1-7,9H. The highest BCUT2D eigenvalue weighted by Crippen LogP contribution is 2.29. The molecule has 88 valence electrons. The van der Waals surface area contributed by atoms with E-state index in [0.717, 1.165) is 6.07 Å². The molecular weight excluding hydrogens is 233 g/mol. The summed E-state index contributed by atoms with van der Waals surface area (Å²) in [5, 5.41) is 8.98. The molecule has 4 heteroatoms. The van der Waals surface area contributed by atoms with E-state index < -0.39 is 5.82 Å². The number of halogens is 1. The fraction of sp³-hybridized carbons (Fsp3) is 0. The van der Waals surface area contributed by atoms with Crippen molar-refractivity contribution in [3.63, 3.8) is 0 Å². The zero-order chi connectivity index (χ0) is 13.0. The number of ether oxygens (including phenoxy) is 1. The van der Waals surface area contributed by atoms with Gasteiger partial charge >= 0.3 is 0 Å². The molecular formula is C14H8FNO2. The van der Waals surface area contributed by atoms with Crippen LogP contribution in [0.5, 0.6) is 11.5 Å². The maximum Gasteiger partial charge on any atom is 0.181 e. The van der Waals surface area contributed by atoms with E-state index in [1.807, 2.05) is 0 Å². The molecule has 0 bridgehead atoms. The van der Waals surface area contributed by atoms with Crippen molar-refractivity contribution < 1.29 is 13.9 Å². The number of carbonyl (C=O) groups excluding carboxylic acids is 1. The molecule has 0 aliphatic heterocycles. The fourth-order valence-corrected chi connectivity index (χ4v) is 1.49. The van der Waals surface area contributed by atoms with Crippen LogP contribution in [0.3, 0.4) is 0 Å². The van der Waals surface area contributed by atoms with Crippen molar-refractivity contribution in [2.24, 2.45) is 0 Å². The molecule has 0 radical (unpaired) electrons. The van der Waals surface area contributed by atoms with Gasteiger partial charge in [-0.15, -0.1) is 0 Å². The molecule has 0 aliphatic carbocycles. The monoisotopic (exact) mass is 241 g/mol. The summed E-state index contributed by atoms with van der Waals surface area (Å²) in [5.41, 5.74) is -0.00122. The molecule has 2 rings (SSSR count). The van der Waals surface area contributed by atoms with Crippen LogP contribution in [0, 0.1) is 17.1 Å². The highest BCUT2D eigenvalue weighted by Gasteiger charge is 2.15. The summed E-state index contributed by atoms with van der Waals surface area (Å²) in [6.45, 7) is 0. The lowest BCUT2D eigenvalue weighted by molar-refractivity contribution is 0.112. The molecule has 0 unspecified atom stereocenters. The van der Waals surface area contributed by atoms with Crippen LogP contribution in [-0.4, -0.2) is 6.29 Å². The van der Waals surface area contributed by atoms with E-state index in [-0.39, 0.29) is 16.9 Å². The summed E-state index contributed by atoms with van der Waals surface area (Å²) < 4.78 is 19.0. The third-order valence-electron chi connectivity index (χ3n) is 2.34. The molecule has 0 spiro atoms. The molecule has 2 aromatic carbocycles. The molecule has 0 amide bonds. The Morgan fingerprint density at radius 3 is 2.50 bits per heavy atom. The molecule has 18 heavy (non-hydrogen) atoms. The Hall–Kier alpha value is -2.67. The first-order chi connectivity index (χ1) is 8.76. The van der Waals surface area contributed by atoms with Gasteiger partial charge in [-0.05, 0) is 24.3 Å². The highest BCUT2D eigenvalue weighted by atomic mass is 19.1. The number of nitriles is 1. The van der Waals surface area contributed by atoms with Gasteiger partial charge in [-0.3, -0.25) is 4.79 Å². The Morgan fingerprint density at radius 2 is 1.89 bits per heavy atom. The van der Waals surface area contributed by atoms with E-state index in [0.29, 0.717) is 12.0 Å². The summed E-state index contributed by atoms with van der Waals surface area (Å²) in [6, 6.07) is 12.6. The van der Waals surface area contributed by atoms with E-state index in [2.05, 4.69) is 0 Å². The zero-order valence-corrected chi connectivity index (χ0v) is 9.26. The lowest BCUT2D eigenvalue weighted by Crippen LogP contribution is -1.96. The molecule has 0 aliphatic rings. The van der Waals surface area contributed by atoms with Crippen molar-refractivity contribution >= 4 is 6.29 Å². The van der Waals surface area contributed by atoms with Gasteiger partial charge in [0.1, 0.15) is 17.4 Å².